The molecule has 2 fully saturated rings. The first-order valence-electron chi connectivity index (χ1n) is 6.47. The molecule has 0 radical (unpaired) electrons. The lowest BCUT2D eigenvalue weighted by molar-refractivity contribution is -0.141. The van der Waals surface area contributed by atoms with Crippen LogP contribution in [0.4, 0.5) is 0 Å². The molecule has 2 heterocycles. The highest BCUT2D eigenvalue weighted by Gasteiger charge is 2.28. The van der Waals surface area contributed by atoms with E-state index >= 15 is 0 Å². The molecule has 6 heteroatoms. The third-order valence-corrected chi connectivity index (χ3v) is 3.27. The fourth-order valence-electron chi connectivity index (χ4n) is 2.21. The average Bonchev–Trinajstić information content (AvgIpc) is 2.92. The Bertz CT molecular complexity index is 309. The molecule has 18 heavy (non-hydrogen) atoms. The molecule has 2 aliphatic rings. The molecule has 0 saturated carbocycles. The summed E-state index contributed by atoms with van der Waals surface area (Å²) in [5, 5.41) is 2.72. The van der Waals surface area contributed by atoms with Crippen LogP contribution < -0.4 is 5.32 Å². The van der Waals surface area contributed by atoms with Crippen molar-refractivity contribution < 1.29 is 19.1 Å². The fraction of sp³-hybridized carbons (Fsp3) is 0.833. The van der Waals surface area contributed by atoms with E-state index in [1.54, 1.807) is 11.8 Å². The van der Waals surface area contributed by atoms with Crippen molar-refractivity contribution in [3.8, 4) is 0 Å². The minimum atomic E-state index is -0.500. The van der Waals surface area contributed by atoms with Crippen molar-refractivity contribution in [1.82, 2.24) is 10.2 Å². The van der Waals surface area contributed by atoms with E-state index in [1.807, 2.05) is 0 Å². The number of carbonyl (C=O) groups excluding carboxylic acids is 2. The monoisotopic (exact) mass is 256 g/mol. The third kappa shape index (κ3) is 3.20. The highest BCUT2D eigenvalue weighted by Crippen LogP contribution is 2.12. The molecule has 2 atom stereocenters. The lowest BCUT2D eigenvalue weighted by Gasteiger charge is -2.29. The van der Waals surface area contributed by atoms with Crippen LogP contribution in [0, 0.1) is 0 Å². The summed E-state index contributed by atoms with van der Waals surface area (Å²) in [5.74, 6) is -0.230. The number of carbonyl (C=O) groups is 2. The van der Waals surface area contributed by atoms with Crippen molar-refractivity contribution in [3.05, 3.63) is 0 Å². The van der Waals surface area contributed by atoms with E-state index in [1.165, 1.54) is 0 Å². The number of rotatable bonds is 3. The van der Waals surface area contributed by atoms with E-state index in [9.17, 15) is 9.59 Å². The Labute approximate surface area is 107 Å². The van der Waals surface area contributed by atoms with Crippen LogP contribution in [0.3, 0.4) is 0 Å². The van der Waals surface area contributed by atoms with Crippen LogP contribution >= 0.6 is 0 Å². The molecule has 2 aliphatic heterocycles. The summed E-state index contributed by atoms with van der Waals surface area (Å²) in [7, 11) is 0. The number of amides is 2. The van der Waals surface area contributed by atoms with E-state index in [2.05, 4.69) is 5.32 Å². The van der Waals surface area contributed by atoms with Crippen LogP contribution in [0.1, 0.15) is 19.8 Å². The summed E-state index contributed by atoms with van der Waals surface area (Å²) >= 11 is 0. The minimum absolute atomic E-state index is 0.0513. The smallest absolute Gasteiger partial charge is 0.249 e. The number of nitrogens with one attached hydrogen (secondary N) is 1. The molecule has 2 rings (SSSR count). The van der Waals surface area contributed by atoms with Gasteiger partial charge in [-0.1, -0.05) is 0 Å². The number of morpholine rings is 1. The molecule has 1 unspecified atom stereocenters. The normalized spacial score (nSPS) is 25.8. The summed E-state index contributed by atoms with van der Waals surface area (Å²) in [5.41, 5.74) is 0. The molecular formula is C12H20N2O4. The van der Waals surface area contributed by atoms with Crippen molar-refractivity contribution in [3.63, 3.8) is 0 Å². The third-order valence-electron chi connectivity index (χ3n) is 3.27. The molecule has 6 nitrogen and oxygen atoms in total. The van der Waals surface area contributed by atoms with E-state index in [-0.39, 0.29) is 17.9 Å². The first-order valence-corrected chi connectivity index (χ1v) is 6.47. The van der Waals surface area contributed by atoms with Gasteiger partial charge >= 0.3 is 0 Å². The summed E-state index contributed by atoms with van der Waals surface area (Å²) in [4.78, 5) is 25.6. The quantitative estimate of drug-likeness (QED) is 0.741. The zero-order valence-corrected chi connectivity index (χ0v) is 10.7. The Morgan fingerprint density at radius 1 is 1.28 bits per heavy atom. The van der Waals surface area contributed by atoms with Gasteiger partial charge in [0.05, 0.1) is 13.2 Å². The van der Waals surface area contributed by atoms with Gasteiger partial charge in [0.2, 0.25) is 11.8 Å². The van der Waals surface area contributed by atoms with Gasteiger partial charge in [-0.25, -0.2) is 0 Å². The van der Waals surface area contributed by atoms with Crippen LogP contribution in [-0.2, 0) is 19.1 Å². The Balaban J connectivity index is 1.80. The summed E-state index contributed by atoms with van der Waals surface area (Å²) < 4.78 is 10.5. The second-order valence-corrected chi connectivity index (χ2v) is 4.67. The summed E-state index contributed by atoms with van der Waals surface area (Å²) in [6.45, 7) is 4.67. The Morgan fingerprint density at radius 3 is 2.61 bits per heavy atom. The van der Waals surface area contributed by atoms with Crippen LogP contribution in [-0.4, -0.2) is 61.8 Å². The SMILES string of the molecule is C[C@H](NC(=O)C1CCCO1)C(=O)N1CCOCC1. The van der Waals surface area contributed by atoms with Crippen LogP contribution in [0.5, 0.6) is 0 Å². The maximum absolute atomic E-state index is 12.1. The number of hydrogen-bond donors (Lipinski definition) is 1. The average molecular weight is 256 g/mol. The van der Waals surface area contributed by atoms with E-state index in [0.29, 0.717) is 32.9 Å². The number of hydrogen-bond acceptors (Lipinski definition) is 4. The fourth-order valence-corrected chi connectivity index (χ4v) is 2.21. The Kier molecular flexibility index (Phi) is 4.54. The summed E-state index contributed by atoms with van der Waals surface area (Å²) in [6.07, 6.45) is 1.26. The van der Waals surface area contributed by atoms with Gasteiger partial charge in [-0.05, 0) is 19.8 Å². The molecule has 0 aromatic rings. The lowest BCUT2D eigenvalue weighted by Crippen LogP contribution is -2.52. The van der Waals surface area contributed by atoms with Crippen molar-refractivity contribution in [1.29, 1.82) is 0 Å². The molecule has 0 spiro atoms. The highest BCUT2D eigenvalue weighted by atomic mass is 16.5. The predicted octanol–water partition coefficient (Wildman–Crippen LogP) is -0.471. The van der Waals surface area contributed by atoms with Gasteiger partial charge in [-0.15, -0.1) is 0 Å². The number of ether oxygens (including phenoxy) is 2. The maximum Gasteiger partial charge on any atom is 0.249 e. The Morgan fingerprint density at radius 2 is 2.00 bits per heavy atom. The van der Waals surface area contributed by atoms with E-state index in [0.717, 1.165) is 12.8 Å². The molecule has 102 valence electrons. The predicted molar refractivity (Wildman–Crippen MR) is 64.0 cm³/mol. The zero-order valence-electron chi connectivity index (χ0n) is 10.7. The highest BCUT2D eigenvalue weighted by molar-refractivity contribution is 5.89. The van der Waals surface area contributed by atoms with Gasteiger partial charge in [0.25, 0.3) is 0 Å². The molecular weight excluding hydrogens is 236 g/mol. The molecule has 0 bridgehead atoms. The molecule has 2 amide bonds. The van der Waals surface area contributed by atoms with Crippen molar-refractivity contribution in [2.75, 3.05) is 32.9 Å². The van der Waals surface area contributed by atoms with Gasteiger partial charge in [0.1, 0.15) is 12.1 Å². The first-order chi connectivity index (χ1) is 8.68. The van der Waals surface area contributed by atoms with Gasteiger partial charge < -0.3 is 19.7 Å². The van der Waals surface area contributed by atoms with Gasteiger partial charge in [-0.3, -0.25) is 9.59 Å². The van der Waals surface area contributed by atoms with Gasteiger partial charge in [0, 0.05) is 19.7 Å². The molecule has 1 N–H and O–H groups in total. The zero-order chi connectivity index (χ0) is 13.0. The number of nitrogens with zero attached hydrogens (tertiary/aromatic N) is 1. The van der Waals surface area contributed by atoms with Gasteiger partial charge in [-0.2, -0.15) is 0 Å². The second kappa shape index (κ2) is 6.15. The summed E-state index contributed by atoms with van der Waals surface area (Å²) in [6, 6.07) is -0.500. The first kappa shape index (κ1) is 13.3. The molecule has 0 aromatic carbocycles. The second-order valence-electron chi connectivity index (χ2n) is 4.67. The van der Waals surface area contributed by atoms with E-state index in [4.69, 9.17) is 9.47 Å². The van der Waals surface area contributed by atoms with Crippen molar-refractivity contribution >= 4 is 11.8 Å². The maximum atomic E-state index is 12.1. The topological polar surface area (TPSA) is 67.9 Å². The molecule has 2 saturated heterocycles. The van der Waals surface area contributed by atoms with Crippen molar-refractivity contribution in [2.45, 2.75) is 31.9 Å². The van der Waals surface area contributed by atoms with E-state index < -0.39 is 6.04 Å². The standard InChI is InChI=1S/C12H20N2O4/c1-9(12(16)14-4-7-17-8-5-14)13-11(15)10-3-2-6-18-10/h9-10H,2-8H2,1H3,(H,13,15)/t9-,10?/m0/s1. The van der Waals surface area contributed by atoms with Gasteiger partial charge in [0.15, 0.2) is 0 Å². The minimum Gasteiger partial charge on any atom is -0.378 e. The lowest BCUT2D eigenvalue weighted by atomic mass is 10.2. The Hall–Kier alpha value is -1.14. The van der Waals surface area contributed by atoms with Crippen molar-refractivity contribution in [2.24, 2.45) is 0 Å². The van der Waals surface area contributed by atoms with Crippen LogP contribution in [0.25, 0.3) is 0 Å². The molecule has 0 aromatic heterocycles. The van der Waals surface area contributed by atoms with Crippen LogP contribution in [0.2, 0.25) is 0 Å². The molecule has 0 aliphatic carbocycles. The van der Waals surface area contributed by atoms with Crippen LogP contribution in [0.15, 0.2) is 0 Å². The largest absolute Gasteiger partial charge is 0.378 e.